The molecule has 0 unspecified atom stereocenters. The molecule has 0 rings (SSSR count). The Morgan fingerprint density at radius 1 is 0.667 bits per heavy atom. The first-order chi connectivity index (χ1) is 6.21. The van der Waals surface area contributed by atoms with E-state index < -0.39 is 35.2 Å². The molecule has 0 aliphatic carbocycles. The Balaban J connectivity index is 5.28. The van der Waals surface area contributed by atoms with E-state index in [-0.39, 0.29) is 0 Å². The maximum absolute atomic E-state index is 11.5. The van der Waals surface area contributed by atoms with E-state index in [1.807, 2.05) is 0 Å². The Labute approximate surface area is 79.2 Å². The summed E-state index contributed by atoms with van der Waals surface area (Å²) < 4.78 is 107. The van der Waals surface area contributed by atoms with Crippen LogP contribution in [0.1, 0.15) is 0 Å². The van der Waals surface area contributed by atoms with Gasteiger partial charge >= 0.3 is 31.1 Å². The average molecular weight is 282 g/mol. The summed E-state index contributed by atoms with van der Waals surface area (Å²) in [6.07, 6.45) is 0. The predicted octanol–water partition coefficient (Wildman–Crippen LogP) is -0.751. The van der Waals surface area contributed by atoms with Gasteiger partial charge in [-0.1, -0.05) is 0 Å². The zero-order valence-electron chi connectivity index (χ0n) is 6.29. The number of hydrogen-bond acceptors (Lipinski definition) is 4. The van der Waals surface area contributed by atoms with Gasteiger partial charge < -0.3 is 0 Å². The van der Waals surface area contributed by atoms with Crippen molar-refractivity contribution in [3.63, 3.8) is 0 Å². The van der Waals surface area contributed by atoms with E-state index in [4.69, 9.17) is 0 Å². The Kier molecular flexibility index (Phi) is 3.35. The van der Waals surface area contributed by atoms with Crippen molar-refractivity contribution in [2.75, 3.05) is 0 Å². The lowest BCUT2D eigenvalue weighted by atomic mass is 11.6. The van der Waals surface area contributed by atoms with Gasteiger partial charge in [-0.25, -0.2) is 0 Å². The van der Waals surface area contributed by atoms with Gasteiger partial charge in [0.05, 0.1) is 0 Å². The number of hydrogen-bond donors (Lipinski definition) is 1. The maximum Gasteiger partial charge on any atom is 0.550 e. The highest BCUT2D eigenvalue weighted by atomic mass is 32.3. The minimum absolute atomic E-state index is 1.76. The summed E-state index contributed by atoms with van der Waals surface area (Å²) in [6, 6.07) is 0. The smallest absolute Gasteiger partial charge is 0.163 e. The van der Waals surface area contributed by atoms with Crippen LogP contribution < -0.4 is 4.13 Å². The summed E-state index contributed by atoms with van der Waals surface area (Å²) in [5.74, 6) is 0. The molecule has 0 fully saturated rings. The summed E-state index contributed by atoms with van der Waals surface area (Å²) in [6.45, 7) is 0. The molecule has 0 aliphatic rings. The van der Waals surface area contributed by atoms with Crippen LogP contribution in [0.15, 0.2) is 0 Å². The zero-order valence-corrected chi connectivity index (χ0v) is 7.93. The van der Waals surface area contributed by atoms with E-state index in [1.165, 1.54) is 0 Å². The van der Waals surface area contributed by atoms with Gasteiger partial charge in [0.25, 0.3) is 0 Å². The summed E-state index contributed by atoms with van der Waals surface area (Å²) in [5.41, 5.74) is -12.2. The molecule has 0 atom stereocenters. The number of alkyl halides is 6. The summed E-state index contributed by atoms with van der Waals surface area (Å²) >= 11 is 0. The van der Waals surface area contributed by atoms with E-state index in [9.17, 15) is 43.2 Å². The second kappa shape index (κ2) is 3.48. The van der Waals surface area contributed by atoms with E-state index in [2.05, 4.69) is 0 Å². The summed E-state index contributed by atoms with van der Waals surface area (Å²) in [5, 5.41) is 0. The van der Waals surface area contributed by atoms with E-state index in [1.54, 1.807) is 0 Å². The summed E-state index contributed by atoms with van der Waals surface area (Å²) in [4.78, 5) is 0. The molecule has 0 saturated heterocycles. The lowest BCUT2D eigenvalue weighted by Crippen LogP contribution is -2.94. The van der Waals surface area contributed by atoms with Gasteiger partial charge in [-0.2, -0.15) is 43.2 Å². The van der Waals surface area contributed by atoms with Gasteiger partial charge in [-0.15, -0.1) is 4.13 Å². The number of rotatable bonds is 2. The topological polar surface area (TPSA) is 84.9 Å². The molecule has 0 amide bonds. The zero-order chi connectivity index (χ0) is 12.7. The normalized spacial score (nSPS) is 15.3. The third kappa shape index (κ3) is 3.20. The van der Waals surface area contributed by atoms with Crippen LogP contribution in [0, 0.1) is 0 Å². The predicted molar refractivity (Wildman–Crippen MR) is 31.9 cm³/mol. The van der Waals surface area contributed by atoms with Crippen molar-refractivity contribution in [3.05, 3.63) is 0 Å². The third-order valence-electron chi connectivity index (χ3n) is 0.899. The Morgan fingerprint density at radius 3 is 1.00 bits per heavy atom. The molecule has 0 aromatic rings. The standard InChI is InChI=1S/C2HF6NO4S2/c3-1(4,5)14(10,11)9-15(12,13)2(6,7)8/h9H/p+1. The average Bonchev–Trinajstić information content (AvgIpc) is 1.77. The van der Waals surface area contributed by atoms with E-state index in [0.29, 0.717) is 0 Å². The molecule has 0 radical (unpaired) electrons. The van der Waals surface area contributed by atoms with Crippen LogP contribution in [0.4, 0.5) is 26.3 Å². The molecule has 15 heavy (non-hydrogen) atoms. The molecule has 2 N–H and O–H groups in total. The third-order valence-corrected chi connectivity index (χ3v) is 4.22. The maximum atomic E-state index is 11.5. The Bertz CT molecular complexity index is 385. The minimum atomic E-state index is -6.47. The van der Waals surface area contributed by atoms with Crippen LogP contribution >= 0.6 is 0 Å². The first-order valence-corrected chi connectivity index (χ1v) is 5.77. The molecule has 0 saturated carbocycles. The molecule has 92 valence electrons. The number of halogens is 6. The highest BCUT2D eigenvalue weighted by Gasteiger charge is 2.59. The van der Waals surface area contributed by atoms with Crippen LogP contribution in [0.3, 0.4) is 0 Å². The Morgan fingerprint density at radius 2 is 0.867 bits per heavy atom. The van der Waals surface area contributed by atoms with Gasteiger partial charge in [0.1, 0.15) is 0 Å². The van der Waals surface area contributed by atoms with Crippen molar-refractivity contribution in [2.45, 2.75) is 11.0 Å². The van der Waals surface area contributed by atoms with Crippen molar-refractivity contribution in [1.29, 1.82) is 0 Å². The molecular formula is C2H2F6NO4S2+. The van der Waals surface area contributed by atoms with Crippen LogP contribution in [0.5, 0.6) is 0 Å². The number of primary sulfonamides is 2. The molecule has 0 aromatic heterocycles. The SMILES string of the molecule is O=S(=O)([NH2+]S(=O)(=O)C(F)(F)F)C(F)(F)F. The monoisotopic (exact) mass is 282 g/mol. The van der Waals surface area contributed by atoms with Gasteiger partial charge in [0.2, 0.25) is 0 Å². The lowest BCUT2D eigenvalue weighted by molar-refractivity contribution is -0.343. The van der Waals surface area contributed by atoms with Crippen LogP contribution in [-0.4, -0.2) is 27.9 Å². The van der Waals surface area contributed by atoms with Crippen molar-refractivity contribution in [1.82, 2.24) is 0 Å². The largest absolute Gasteiger partial charge is 0.550 e. The molecule has 0 bridgehead atoms. The fourth-order valence-electron chi connectivity index (χ4n) is 0.276. The number of quaternary nitrogens is 1. The summed E-state index contributed by atoms with van der Waals surface area (Å²) in [7, 11) is -12.9. The van der Waals surface area contributed by atoms with Crippen molar-refractivity contribution in [2.24, 2.45) is 0 Å². The fraction of sp³-hybridized carbons (Fsp3) is 1.00. The highest BCUT2D eigenvalue weighted by Crippen LogP contribution is 2.22. The number of sulfonamides is 2. The minimum Gasteiger partial charge on any atom is -0.163 e. The van der Waals surface area contributed by atoms with Crippen LogP contribution in [0.2, 0.25) is 0 Å². The first kappa shape index (κ1) is 14.4. The number of nitrogens with two attached hydrogens (primary N) is 1. The van der Waals surface area contributed by atoms with Gasteiger partial charge in [0, 0.05) is 0 Å². The van der Waals surface area contributed by atoms with Crippen LogP contribution in [-0.2, 0) is 20.0 Å². The van der Waals surface area contributed by atoms with Crippen molar-refractivity contribution in [3.8, 4) is 0 Å². The highest BCUT2D eigenvalue weighted by molar-refractivity contribution is 7.97. The molecule has 0 aliphatic heterocycles. The molecule has 13 heteroatoms. The fourth-order valence-corrected chi connectivity index (χ4v) is 2.48. The molecule has 0 aromatic carbocycles. The van der Waals surface area contributed by atoms with Crippen molar-refractivity contribution < 1.29 is 47.3 Å². The first-order valence-electron chi connectivity index (χ1n) is 2.68. The molecule has 0 spiro atoms. The van der Waals surface area contributed by atoms with Crippen LogP contribution in [0.25, 0.3) is 0 Å². The van der Waals surface area contributed by atoms with E-state index >= 15 is 0 Å². The van der Waals surface area contributed by atoms with Gasteiger partial charge in [-0.3, -0.25) is 0 Å². The Hall–Kier alpha value is -0.560. The second-order valence-corrected chi connectivity index (χ2v) is 5.95. The molecule has 5 nitrogen and oxygen atoms in total. The molecular weight excluding hydrogens is 280 g/mol. The molecule has 0 heterocycles. The second-order valence-electron chi connectivity index (χ2n) is 2.08. The van der Waals surface area contributed by atoms with Gasteiger partial charge in [0.15, 0.2) is 0 Å². The quantitative estimate of drug-likeness (QED) is 0.675. The van der Waals surface area contributed by atoms with Crippen molar-refractivity contribution >= 4 is 20.0 Å². The lowest BCUT2D eigenvalue weighted by Gasteiger charge is -2.07. The van der Waals surface area contributed by atoms with E-state index in [0.717, 1.165) is 0 Å². The van der Waals surface area contributed by atoms with Gasteiger partial charge in [-0.05, 0) is 0 Å².